The minimum Gasteiger partial charge on any atom is -0.481 e. The molecule has 0 aliphatic carbocycles. The summed E-state index contributed by atoms with van der Waals surface area (Å²) in [4.78, 5) is 39.5. The zero-order valence-electron chi connectivity index (χ0n) is 48.9. The predicted molar refractivity (Wildman–Crippen MR) is 301 cm³/mol. The molecule has 80 heavy (non-hydrogen) atoms. The molecule has 0 amide bonds. The van der Waals surface area contributed by atoms with E-state index in [0.29, 0.717) is 6.54 Å². The van der Waals surface area contributed by atoms with E-state index in [4.69, 9.17) is 25.4 Å². The smallest absolute Gasteiger partial charge is 0.317 e. The third-order valence-corrected chi connectivity index (χ3v) is 16.3. The first-order valence-electron chi connectivity index (χ1n) is 28.9. The fraction of sp³-hybridized carbons (Fsp3) is 0.797. The Balaban J connectivity index is 2.44. The van der Waals surface area contributed by atoms with Crippen LogP contribution < -0.4 is 5.73 Å². The monoisotopic (exact) mass is 1140 g/mol. The van der Waals surface area contributed by atoms with E-state index in [0.717, 1.165) is 38.5 Å². The average Bonchev–Trinajstić information content (AvgIpc) is 3.37. The number of carbonyl (C=O) groups is 3. The van der Waals surface area contributed by atoms with Gasteiger partial charge in [0.05, 0.1) is 67.0 Å². The van der Waals surface area contributed by atoms with Gasteiger partial charge < -0.3 is 86.1 Å². The van der Waals surface area contributed by atoms with Crippen LogP contribution in [0.15, 0.2) is 48.6 Å². The number of hydrogen-bond donors (Lipinski definition) is 14. The summed E-state index contributed by atoms with van der Waals surface area (Å²) in [6.45, 7) is 14.8. The molecule has 21 nitrogen and oxygen atoms in total. The lowest BCUT2D eigenvalue weighted by atomic mass is 9.81. The molecular formula is C59H103N3O18. The number of cyclic esters (lactones) is 1. The van der Waals surface area contributed by atoms with E-state index in [-0.39, 0.29) is 68.7 Å². The molecule has 462 valence electrons. The number of nitrogens with one attached hydrogen (secondary N) is 1. The summed E-state index contributed by atoms with van der Waals surface area (Å²) < 4.78 is 17.5. The average molecular weight is 1140 g/mol. The van der Waals surface area contributed by atoms with Crippen LogP contribution in [0.3, 0.4) is 0 Å². The number of ether oxygens (including phenoxy) is 3. The normalized spacial score (nSPS) is 37.5. The van der Waals surface area contributed by atoms with Crippen molar-refractivity contribution in [1.29, 1.82) is 5.41 Å². The number of aliphatic hydroxyl groups excluding tert-OH is 10. The summed E-state index contributed by atoms with van der Waals surface area (Å²) in [7, 11) is 1.79. The topological polar surface area (TPSA) is 375 Å². The number of esters is 2. The largest absolute Gasteiger partial charge is 0.481 e. The van der Waals surface area contributed by atoms with E-state index in [1.54, 1.807) is 64.8 Å². The van der Waals surface area contributed by atoms with Crippen molar-refractivity contribution >= 4 is 23.9 Å². The molecule has 21 heteroatoms. The standard InChI is InChI=1S/C59H103N3O18/c1-34(19-14-12-10-11-13-17-26-62(9)58(60)61)27-37(4)55-36(3)20-15-16-22-46(65)38(5)49(68)29-43(64)28-44(78-52(72)32-51(70)71)30-45-31-50(69)56(75)59(77,80-45)33-42(63)21-18-23-47(66)39(6)54(74)41(8)53(73)35(2)24-25-48(67)40(7)57(76)79-55/h10-11,15-16,20,22,24-25,34-50,53-56,63-69,73-75,77H,12-14,17-19,21,23,26-33H2,1-9H3,(H3,60,61)(H,70,71)/b11-10+,20-15?,22-16?,25-24?. The molecule has 0 aromatic rings. The zero-order valence-corrected chi connectivity index (χ0v) is 48.9. The lowest BCUT2D eigenvalue weighted by Gasteiger charge is -2.45. The van der Waals surface area contributed by atoms with Crippen LogP contribution in [0.4, 0.5) is 0 Å². The van der Waals surface area contributed by atoms with Gasteiger partial charge in [0.2, 0.25) is 0 Å². The van der Waals surface area contributed by atoms with E-state index in [2.05, 4.69) is 19.1 Å². The van der Waals surface area contributed by atoms with Crippen LogP contribution in [0.2, 0.25) is 0 Å². The third-order valence-electron chi connectivity index (χ3n) is 16.3. The molecule has 0 aromatic heterocycles. The van der Waals surface area contributed by atoms with Gasteiger partial charge in [0.15, 0.2) is 11.7 Å². The lowest BCUT2D eigenvalue weighted by Crippen LogP contribution is -2.59. The van der Waals surface area contributed by atoms with Crippen LogP contribution in [0, 0.1) is 52.8 Å². The number of unbranched alkanes of at least 4 members (excludes halogenated alkanes) is 2. The highest BCUT2D eigenvalue weighted by Crippen LogP contribution is 2.36. The molecule has 0 saturated carbocycles. The van der Waals surface area contributed by atoms with Gasteiger partial charge in [-0.2, -0.15) is 0 Å². The molecule has 1 fully saturated rings. The maximum atomic E-state index is 13.9. The number of nitrogens with two attached hydrogens (primary N) is 1. The molecule has 0 aromatic carbocycles. The maximum absolute atomic E-state index is 13.9. The van der Waals surface area contributed by atoms with E-state index >= 15 is 0 Å². The van der Waals surface area contributed by atoms with Gasteiger partial charge in [-0.05, 0) is 76.5 Å². The minimum absolute atomic E-state index is 0.0290. The van der Waals surface area contributed by atoms with Gasteiger partial charge in [-0.3, -0.25) is 19.8 Å². The molecule has 0 radical (unpaired) electrons. The summed E-state index contributed by atoms with van der Waals surface area (Å²) in [6, 6.07) is 0. The van der Waals surface area contributed by atoms with Gasteiger partial charge in [-0.1, -0.05) is 103 Å². The molecule has 22 unspecified atom stereocenters. The van der Waals surface area contributed by atoms with Gasteiger partial charge in [0, 0.05) is 68.9 Å². The van der Waals surface area contributed by atoms with Crippen molar-refractivity contribution in [2.24, 2.45) is 53.1 Å². The highest BCUT2D eigenvalue weighted by molar-refractivity contribution is 5.90. The summed E-state index contributed by atoms with van der Waals surface area (Å²) in [5.41, 5.74) is 5.52. The number of aliphatic hydroxyl groups is 11. The molecule has 1 saturated heterocycles. The lowest BCUT2D eigenvalue weighted by molar-refractivity contribution is -0.332. The Morgan fingerprint density at radius 1 is 0.775 bits per heavy atom. The second-order valence-corrected chi connectivity index (χ2v) is 23.6. The second kappa shape index (κ2) is 36.0. The number of hydrogen-bond acceptors (Lipinski definition) is 18. The van der Waals surface area contributed by atoms with Crippen molar-refractivity contribution < 1.29 is 89.9 Å². The van der Waals surface area contributed by atoms with Crippen molar-refractivity contribution in [2.75, 3.05) is 13.6 Å². The molecule has 0 spiro atoms. The van der Waals surface area contributed by atoms with Crippen LogP contribution in [0.5, 0.6) is 0 Å². The van der Waals surface area contributed by atoms with E-state index in [1.807, 2.05) is 19.9 Å². The van der Waals surface area contributed by atoms with E-state index < -0.39 is 145 Å². The Morgan fingerprint density at radius 2 is 1.41 bits per heavy atom. The Bertz CT molecular complexity index is 1960. The first-order valence-corrected chi connectivity index (χ1v) is 28.9. The van der Waals surface area contributed by atoms with Crippen LogP contribution in [-0.4, -0.2) is 189 Å². The molecular weight excluding hydrogens is 1040 g/mol. The SMILES string of the molecule is CC(CCC/C=C/CCCN(C)C(=N)N)CC(C)C1OC(=O)C(C)C(O)C=CC(C)C(O)C(C)C(O)C(C)C(O)CCCC(O)CC2(O)OC(CC(OC(=O)CC(=O)O)CC(O)CC(O)C(C)C(O)C=CC=CC1C)CC(O)C2O. The summed E-state index contributed by atoms with van der Waals surface area (Å²) in [5, 5.41) is 140. The first kappa shape index (κ1) is 72.3. The molecule has 2 rings (SSSR count). The predicted octanol–water partition coefficient (Wildman–Crippen LogP) is 3.59. The molecule has 15 N–H and O–H groups in total. The summed E-state index contributed by atoms with van der Waals surface area (Å²) >= 11 is 0. The summed E-state index contributed by atoms with van der Waals surface area (Å²) in [6.07, 6.45) is -0.251. The van der Waals surface area contributed by atoms with Crippen molar-refractivity contribution in [3.63, 3.8) is 0 Å². The number of nitrogens with zero attached hydrogens (tertiary/aromatic N) is 1. The van der Waals surface area contributed by atoms with Crippen LogP contribution in [-0.2, 0) is 28.6 Å². The maximum Gasteiger partial charge on any atom is 0.317 e. The third kappa shape index (κ3) is 25.3. The molecule has 2 heterocycles. The number of guanidine groups is 1. The Morgan fingerprint density at radius 3 is 2.05 bits per heavy atom. The fourth-order valence-electron chi connectivity index (χ4n) is 10.7. The fourth-order valence-corrected chi connectivity index (χ4v) is 10.7. The first-order chi connectivity index (χ1) is 37.4. The van der Waals surface area contributed by atoms with Crippen LogP contribution in [0.1, 0.15) is 152 Å². The quantitative estimate of drug-likeness (QED) is 0.0295. The van der Waals surface area contributed by atoms with Crippen molar-refractivity contribution in [1.82, 2.24) is 4.90 Å². The minimum atomic E-state index is -2.53. The number of carboxylic acid groups (broad SMARTS) is 1. The molecule has 2 aliphatic rings. The van der Waals surface area contributed by atoms with Crippen LogP contribution >= 0.6 is 0 Å². The molecule has 2 bridgehead atoms. The van der Waals surface area contributed by atoms with Gasteiger partial charge in [-0.15, -0.1) is 0 Å². The van der Waals surface area contributed by atoms with Crippen molar-refractivity contribution in [3.05, 3.63) is 48.6 Å². The van der Waals surface area contributed by atoms with Crippen LogP contribution in [0.25, 0.3) is 0 Å². The van der Waals surface area contributed by atoms with Crippen molar-refractivity contribution in [3.8, 4) is 0 Å². The van der Waals surface area contributed by atoms with Gasteiger partial charge in [0.25, 0.3) is 0 Å². The van der Waals surface area contributed by atoms with Crippen molar-refractivity contribution in [2.45, 2.75) is 237 Å². The van der Waals surface area contributed by atoms with E-state index in [1.165, 1.54) is 12.2 Å². The van der Waals surface area contributed by atoms with Gasteiger partial charge >= 0.3 is 17.9 Å². The number of fused-ring (bicyclic) bond motifs is 2. The molecule has 2 aliphatic heterocycles. The van der Waals surface area contributed by atoms with Gasteiger partial charge in [0.1, 0.15) is 24.7 Å². The number of aliphatic carboxylic acids is 1. The zero-order chi connectivity index (χ0) is 60.6. The highest BCUT2D eigenvalue weighted by atomic mass is 16.7. The number of rotatable bonds is 14. The molecule has 22 atom stereocenters. The Hall–Kier alpha value is -3.84. The number of carbonyl (C=O) groups excluding carboxylic acids is 2. The second-order valence-electron chi connectivity index (χ2n) is 23.6. The van der Waals surface area contributed by atoms with E-state index in [9.17, 15) is 75.7 Å². The summed E-state index contributed by atoms with van der Waals surface area (Å²) in [5.74, 6) is -10.00. The van der Waals surface area contributed by atoms with Gasteiger partial charge in [-0.25, -0.2) is 0 Å². The Kier molecular flexibility index (Phi) is 32.5. The Labute approximate surface area is 474 Å². The highest BCUT2D eigenvalue weighted by Gasteiger charge is 2.50. The number of carboxylic acids is 1. The number of allylic oxidation sites excluding steroid dienone is 4.